The Bertz CT molecular complexity index is 429. The molecule has 0 bridgehead atoms. The minimum absolute atomic E-state index is 0.00194. The first-order valence-corrected chi connectivity index (χ1v) is 4.91. The number of carbonyl (C=O) groups is 1. The fraction of sp³-hybridized carbons (Fsp3) is 0.333. The number of hydrogen-bond acceptors (Lipinski definition) is 2. The Balaban J connectivity index is 2.21. The van der Waals surface area contributed by atoms with Gasteiger partial charge in [0, 0.05) is 31.0 Å². The van der Waals surface area contributed by atoms with Crippen molar-refractivity contribution in [2.24, 2.45) is 0 Å². The van der Waals surface area contributed by atoms with Gasteiger partial charge in [0.1, 0.15) is 0 Å². The van der Waals surface area contributed by atoms with E-state index in [4.69, 9.17) is 6.42 Å². The SMILES string of the molecule is C#Cc1cncc(C(=O)N(C)C2CC2)c1. The van der Waals surface area contributed by atoms with E-state index >= 15 is 0 Å². The molecule has 0 spiro atoms. The van der Waals surface area contributed by atoms with Crippen LogP contribution in [-0.2, 0) is 0 Å². The molecule has 0 radical (unpaired) electrons. The van der Waals surface area contributed by atoms with Crippen LogP contribution in [0.2, 0.25) is 0 Å². The van der Waals surface area contributed by atoms with E-state index < -0.39 is 0 Å². The van der Waals surface area contributed by atoms with Crippen molar-refractivity contribution in [3.8, 4) is 12.3 Å². The van der Waals surface area contributed by atoms with E-state index in [-0.39, 0.29) is 5.91 Å². The monoisotopic (exact) mass is 200 g/mol. The van der Waals surface area contributed by atoms with E-state index in [9.17, 15) is 4.79 Å². The molecule has 0 unspecified atom stereocenters. The third kappa shape index (κ3) is 1.99. The summed E-state index contributed by atoms with van der Waals surface area (Å²) in [5.41, 5.74) is 1.21. The first kappa shape index (κ1) is 9.72. The molecule has 1 heterocycles. The lowest BCUT2D eigenvalue weighted by atomic mass is 10.2. The maximum atomic E-state index is 11.9. The molecule has 3 heteroatoms. The molecule has 1 saturated carbocycles. The lowest BCUT2D eigenvalue weighted by Crippen LogP contribution is -2.28. The lowest BCUT2D eigenvalue weighted by Gasteiger charge is -2.15. The van der Waals surface area contributed by atoms with E-state index in [2.05, 4.69) is 10.9 Å². The second kappa shape index (κ2) is 3.74. The third-order valence-corrected chi connectivity index (χ3v) is 2.57. The van der Waals surface area contributed by atoms with Gasteiger partial charge in [-0.2, -0.15) is 0 Å². The first-order chi connectivity index (χ1) is 7.22. The van der Waals surface area contributed by atoms with Crippen LogP contribution >= 0.6 is 0 Å². The number of pyridine rings is 1. The van der Waals surface area contributed by atoms with Gasteiger partial charge in [-0.3, -0.25) is 9.78 Å². The van der Waals surface area contributed by atoms with Crippen molar-refractivity contribution in [2.45, 2.75) is 18.9 Å². The Hall–Kier alpha value is -1.82. The lowest BCUT2D eigenvalue weighted by molar-refractivity contribution is 0.0784. The van der Waals surface area contributed by atoms with Gasteiger partial charge in [-0.05, 0) is 18.9 Å². The fourth-order valence-corrected chi connectivity index (χ4v) is 1.47. The molecule has 15 heavy (non-hydrogen) atoms. The number of amides is 1. The minimum atomic E-state index is 0.00194. The summed E-state index contributed by atoms with van der Waals surface area (Å²) >= 11 is 0. The maximum absolute atomic E-state index is 11.9. The van der Waals surface area contributed by atoms with Crippen LogP contribution in [0, 0.1) is 12.3 Å². The summed E-state index contributed by atoms with van der Waals surface area (Å²) in [6, 6.07) is 2.11. The predicted octanol–water partition coefficient (Wildman–Crippen LogP) is 1.30. The van der Waals surface area contributed by atoms with Gasteiger partial charge in [0.2, 0.25) is 0 Å². The molecular weight excluding hydrogens is 188 g/mol. The molecule has 0 atom stereocenters. The number of rotatable bonds is 2. The van der Waals surface area contributed by atoms with Gasteiger partial charge < -0.3 is 4.90 Å². The summed E-state index contributed by atoms with van der Waals surface area (Å²) in [6.07, 6.45) is 10.6. The van der Waals surface area contributed by atoms with Gasteiger partial charge in [0.25, 0.3) is 5.91 Å². The van der Waals surface area contributed by atoms with Crippen molar-refractivity contribution in [2.75, 3.05) is 7.05 Å². The summed E-state index contributed by atoms with van der Waals surface area (Å²) < 4.78 is 0. The third-order valence-electron chi connectivity index (χ3n) is 2.57. The van der Waals surface area contributed by atoms with Crippen molar-refractivity contribution in [3.05, 3.63) is 29.6 Å². The molecule has 1 aliphatic rings. The van der Waals surface area contributed by atoms with Crippen LogP contribution in [0.5, 0.6) is 0 Å². The highest BCUT2D eigenvalue weighted by Gasteiger charge is 2.30. The first-order valence-electron chi connectivity index (χ1n) is 4.91. The normalized spacial score (nSPS) is 14.4. The maximum Gasteiger partial charge on any atom is 0.255 e. The number of hydrogen-bond donors (Lipinski definition) is 0. The molecule has 1 aromatic rings. The van der Waals surface area contributed by atoms with Gasteiger partial charge in [0.15, 0.2) is 0 Å². The van der Waals surface area contributed by atoms with Crippen LogP contribution in [0.25, 0.3) is 0 Å². The summed E-state index contributed by atoms with van der Waals surface area (Å²) in [4.78, 5) is 17.6. The molecule has 0 aromatic carbocycles. The number of carbonyl (C=O) groups excluding carboxylic acids is 1. The molecule has 1 aromatic heterocycles. The van der Waals surface area contributed by atoms with Gasteiger partial charge >= 0.3 is 0 Å². The van der Waals surface area contributed by atoms with E-state index in [1.54, 1.807) is 23.4 Å². The molecule has 1 fully saturated rings. The van der Waals surface area contributed by atoms with Gasteiger partial charge in [-0.15, -0.1) is 6.42 Å². The van der Waals surface area contributed by atoms with Crippen molar-refractivity contribution in [3.63, 3.8) is 0 Å². The topological polar surface area (TPSA) is 33.2 Å². The zero-order valence-corrected chi connectivity index (χ0v) is 8.60. The van der Waals surface area contributed by atoms with Crippen molar-refractivity contribution < 1.29 is 4.79 Å². The smallest absolute Gasteiger partial charge is 0.255 e. The highest BCUT2D eigenvalue weighted by molar-refractivity contribution is 5.94. The van der Waals surface area contributed by atoms with Crippen molar-refractivity contribution in [1.29, 1.82) is 0 Å². The average molecular weight is 200 g/mol. The second-order valence-corrected chi connectivity index (χ2v) is 3.75. The highest BCUT2D eigenvalue weighted by atomic mass is 16.2. The van der Waals surface area contributed by atoms with Crippen molar-refractivity contribution in [1.82, 2.24) is 9.88 Å². The predicted molar refractivity (Wildman–Crippen MR) is 57.3 cm³/mol. The second-order valence-electron chi connectivity index (χ2n) is 3.75. The van der Waals surface area contributed by atoms with Gasteiger partial charge in [0.05, 0.1) is 5.56 Å². The minimum Gasteiger partial charge on any atom is -0.339 e. The summed E-state index contributed by atoms with van der Waals surface area (Å²) in [7, 11) is 1.82. The van der Waals surface area contributed by atoms with Crippen LogP contribution in [0.3, 0.4) is 0 Å². The molecule has 76 valence electrons. The Morgan fingerprint density at radius 1 is 1.60 bits per heavy atom. The highest BCUT2D eigenvalue weighted by Crippen LogP contribution is 2.26. The number of nitrogens with zero attached hydrogens (tertiary/aromatic N) is 2. The van der Waals surface area contributed by atoms with E-state index in [1.807, 2.05) is 7.05 Å². The Morgan fingerprint density at radius 2 is 2.33 bits per heavy atom. The van der Waals surface area contributed by atoms with Gasteiger partial charge in [-0.1, -0.05) is 5.92 Å². The molecule has 0 N–H and O–H groups in total. The number of terminal acetylenes is 1. The number of aromatic nitrogens is 1. The van der Waals surface area contributed by atoms with Crippen molar-refractivity contribution >= 4 is 5.91 Å². The van der Waals surface area contributed by atoms with Crippen LogP contribution in [-0.4, -0.2) is 28.9 Å². The largest absolute Gasteiger partial charge is 0.339 e. The van der Waals surface area contributed by atoms with Crippen LogP contribution < -0.4 is 0 Å². The molecule has 2 rings (SSSR count). The molecule has 0 saturated heterocycles. The summed E-state index contributed by atoms with van der Waals surface area (Å²) in [5, 5.41) is 0. The van der Waals surface area contributed by atoms with Crippen LogP contribution in [0.4, 0.5) is 0 Å². The Labute approximate surface area is 89.1 Å². The molecule has 1 amide bonds. The Morgan fingerprint density at radius 3 is 2.93 bits per heavy atom. The standard InChI is InChI=1S/C12H12N2O/c1-3-9-6-10(8-13-7-9)12(15)14(2)11-4-5-11/h1,6-8,11H,4-5H2,2H3. The molecular formula is C12H12N2O. The molecule has 3 nitrogen and oxygen atoms in total. The average Bonchev–Trinajstić information content (AvgIpc) is 3.11. The zero-order chi connectivity index (χ0) is 10.8. The summed E-state index contributed by atoms with van der Waals surface area (Å²) in [5.74, 6) is 2.47. The summed E-state index contributed by atoms with van der Waals surface area (Å²) in [6.45, 7) is 0. The molecule has 0 aliphatic heterocycles. The zero-order valence-electron chi connectivity index (χ0n) is 8.60. The van der Waals surface area contributed by atoms with E-state index in [0.29, 0.717) is 17.2 Å². The van der Waals surface area contributed by atoms with Crippen LogP contribution in [0.15, 0.2) is 18.5 Å². The van der Waals surface area contributed by atoms with Gasteiger partial charge in [-0.25, -0.2) is 0 Å². The molecule has 1 aliphatic carbocycles. The van der Waals surface area contributed by atoms with E-state index in [0.717, 1.165) is 12.8 Å². The fourth-order valence-electron chi connectivity index (χ4n) is 1.47. The van der Waals surface area contributed by atoms with Crippen LogP contribution in [0.1, 0.15) is 28.8 Å². The van der Waals surface area contributed by atoms with E-state index in [1.165, 1.54) is 0 Å². The quantitative estimate of drug-likeness (QED) is 0.674. The Kier molecular flexibility index (Phi) is 2.42.